The minimum atomic E-state index is -4.62. The van der Waals surface area contributed by atoms with Crippen LogP contribution >= 0.6 is 0 Å². The maximum absolute atomic E-state index is 15.0. The number of benzene rings is 3. The fourth-order valence-corrected chi connectivity index (χ4v) is 8.80. The summed E-state index contributed by atoms with van der Waals surface area (Å²) < 4.78 is 49.1. The van der Waals surface area contributed by atoms with E-state index >= 15 is 4.79 Å². The smallest absolute Gasteiger partial charge is 0.318 e. The number of nitrogens with one attached hydrogen (secondary N) is 1. The normalized spacial score (nSPS) is 20.5. The number of para-hydroxylation sites is 1. The molecule has 264 valence electrons. The zero-order valence-electron chi connectivity index (χ0n) is 28.6. The minimum Gasteiger partial charge on any atom is -0.491 e. The Labute approximate surface area is 293 Å². The molecule has 0 aromatic heterocycles. The van der Waals surface area contributed by atoms with Crippen LogP contribution in [0.15, 0.2) is 71.6 Å². The summed E-state index contributed by atoms with van der Waals surface area (Å²) in [5.41, 5.74) is -1.62. The molecule has 1 atom stereocenters. The van der Waals surface area contributed by atoms with Crippen LogP contribution in [0.25, 0.3) is 0 Å². The second kappa shape index (κ2) is 14.4. The van der Waals surface area contributed by atoms with Gasteiger partial charge in [0, 0.05) is 56.4 Å². The Morgan fingerprint density at radius 3 is 2.32 bits per heavy atom. The van der Waals surface area contributed by atoms with Gasteiger partial charge in [0.05, 0.1) is 28.3 Å². The van der Waals surface area contributed by atoms with Crippen LogP contribution in [-0.2, 0) is 20.4 Å². The molecule has 3 aromatic rings. The van der Waals surface area contributed by atoms with E-state index < -0.39 is 33.3 Å². The van der Waals surface area contributed by atoms with E-state index in [0.29, 0.717) is 23.4 Å². The number of carbonyl (C=O) groups is 2. The lowest BCUT2D eigenvalue weighted by Crippen LogP contribution is -2.59. The first-order chi connectivity index (χ1) is 24.0. The molecular formula is C37H43FN6O5S. The number of anilines is 1. The first-order valence-corrected chi connectivity index (χ1v) is 18.6. The van der Waals surface area contributed by atoms with E-state index in [0.717, 1.165) is 76.3 Å². The van der Waals surface area contributed by atoms with Gasteiger partial charge >= 0.3 is 6.03 Å². The number of hydrogen-bond acceptors (Lipinski definition) is 8. The van der Waals surface area contributed by atoms with Crippen LogP contribution in [0, 0.1) is 17.1 Å². The van der Waals surface area contributed by atoms with Gasteiger partial charge in [0.1, 0.15) is 11.6 Å². The maximum Gasteiger partial charge on any atom is 0.318 e. The van der Waals surface area contributed by atoms with Crippen molar-refractivity contribution < 1.29 is 27.1 Å². The van der Waals surface area contributed by atoms with Crippen molar-refractivity contribution in [1.29, 1.82) is 5.26 Å². The van der Waals surface area contributed by atoms with Crippen molar-refractivity contribution in [2.45, 2.75) is 62.6 Å². The monoisotopic (exact) mass is 702 g/mol. The van der Waals surface area contributed by atoms with Gasteiger partial charge in [-0.15, -0.1) is 0 Å². The maximum atomic E-state index is 15.0. The number of piperidine rings is 1. The minimum absolute atomic E-state index is 0.0288. The van der Waals surface area contributed by atoms with Gasteiger partial charge in [-0.2, -0.15) is 9.57 Å². The van der Waals surface area contributed by atoms with Gasteiger partial charge < -0.3 is 19.9 Å². The Hall–Kier alpha value is -4.51. The van der Waals surface area contributed by atoms with Crippen LogP contribution in [-0.4, -0.2) is 93.0 Å². The number of rotatable bonds is 9. The molecule has 3 aliphatic rings. The van der Waals surface area contributed by atoms with Crippen molar-refractivity contribution in [2.24, 2.45) is 0 Å². The lowest BCUT2D eigenvalue weighted by molar-refractivity contribution is -0.121. The van der Waals surface area contributed by atoms with Crippen molar-refractivity contribution in [3.63, 3.8) is 0 Å². The number of halogens is 1. The Kier molecular flexibility index (Phi) is 10.2. The molecule has 0 spiro atoms. The number of carbonyl (C=O) groups excluding carboxylic acids is 2. The summed E-state index contributed by atoms with van der Waals surface area (Å²) in [4.78, 5) is 35.7. The third kappa shape index (κ3) is 6.55. The van der Waals surface area contributed by atoms with Gasteiger partial charge in [-0.1, -0.05) is 25.1 Å². The number of hydrogen-bond donors (Lipinski definition) is 1. The fraction of sp³-hybridized carbons (Fsp3) is 0.432. The third-order valence-electron chi connectivity index (χ3n) is 9.77. The van der Waals surface area contributed by atoms with E-state index in [9.17, 15) is 22.9 Å². The average Bonchev–Trinajstić information content (AvgIpc) is 3.36. The van der Waals surface area contributed by atoms with Crippen molar-refractivity contribution in [1.82, 2.24) is 20.0 Å². The molecule has 1 unspecified atom stereocenters. The highest BCUT2D eigenvalue weighted by atomic mass is 32.2. The molecule has 3 amide bonds. The van der Waals surface area contributed by atoms with Gasteiger partial charge in [-0.3, -0.25) is 9.69 Å². The van der Waals surface area contributed by atoms with Crippen molar-refractivity contribution in [3.05, 3.63) is 89.2 Å². The predicted molar refractivity (Wildman–Crippen MR) is 187 cm³/mol. The van der Waals surface area contributed by atoms with Crippen LogP contribution in [0.2, 0.25) is 0 Å². The highest BCUT2D eigenvalue weighted by Gasteiger charge is 2.59. The van der Waals surface area contributed by atoms with Gasteiger partial charge in [0.2, 0.25) is 0 Å². The zero-order chi connectivity index (χ0) is 35.6. The van der Waals surface area contributed by atoms with Crippen LogP contribution in [0.1, 0.15) is 56.7 Å². The van der Waals surface area contributed by atoms with Gasteiger partial charge in [-0.25, -0.2) is 17.6 Å². The molecule has 11 nitrogen and oxygen atoms in total. The predicted octanol–water partition coefficient (Wildman–Crippen LogP) is 4.67. The number of amides is 3. The van der Waals surface area contributed by atoms with E-state index in [1.54, 1.807) is 29.2 Å². The lowest BCUT2D eigenvalue weighted by Gasteiger charge is -2.43. The molecule has 1 N–H and O–H groups in total. The molecule has 3 heterocycles. The molecule has 6 rings (SSSR count). The number of fused-ring (bicyclic) bond motifs is 1. The highest BCUT2D eigenvalue weighted by Crippen LogP contribution is 2.49. The Morgan fingerprint density at radius 2 is 1.68 bits per heavy atom. The number of sulfonamides is 1. The summed E-state index contributed by atoms with van der Waals surface area (Å²) in [5.74, 6) is -1.34. The van der Waals surface area contributed by atoms with E-state index in [-0.39, 0.29) is 39.1 Å². The average molecular weight is 703 g/mol. The Bertz CT molecular complexity index is 1880. The summed E-state index contributed by atoms with van der Waals surface area (Å²) in [6.45, 7) is 11.8. The fourth-order valence-electron chi connectivity index (χ4n) is 7.33. The summed E-state index contributed by atoms with van der Waals surface area (Å²) >= 11 is 0. The van der Waals surface area contributed by atoms with Crippen LogP contribution in [0.5, 0.6) is 5.75 Å². The standard InChI is InChI=1S/C37H43FN6O5S/c1-4-17-41-20-22-42(23-21-41)29-15-18-43(19-16-29)36(46)40-37(31-7-5-6-8-34(31)49-26(2)3)32-24-27(25-39)9-14-33(32)44(35(37)45)50(47,48)30-12-10-28(38)11-13-30/h5-14,24,26,29H,4,15-23H2,1-3H3,(H,40,46). The van der Waals surface area contributed by atoms with Gasteiger partial charge in [0.25, 0.3) is 15.9 Å². The Morgan fingerprint density at radius 1 is 1.00 bits per heavy atom. The first kappa shape index (κ1) is 35.3. The van der Waals surface area contributed by atoms with Gasteiger partial charge in [0.15, 0.2) is 5.54 Å². The molecule has 3 aliphatic heterocycles. The van der Waals surface area contributed by atoms with Crippen LogP contribution in [0.4, 0.5) is 14.9 Å². The van der Waals surface area contributed by atoms with E-state index in [4.69, 9.17) is 4.74 Å². The van der Waals surface area contributed by atoms with Crippen molar-refractivity contribution in [3.8, 4) is 11.8 Å². The summed E-state index contributed by atoms with van der Waals surface area (Å²) in [5, 5.41) is 12.9. The topological polar surface area (TPSA) is 126 Å². The molecule has 50 heavy (non-hydrogen) atoms. The number of ether oxygens (including phenoxy) is 1. The molecule has 3 aromatic carbocycles. The summed E-state index contributed by atoms with van der Waals surface area (Å²) in [6, 6.07) is 17.0. The van der Waals surface area contributed by atoms with E-state index in [1.165, 1.54) is 18.2 Å². The zero-order valence-corrected chi connectivity index (χ0v) is 29.5. The number of urea groups is 1. The van der Waals surface area contributed by atoms with Gasteiger partial charge in [-0.05, 0) is 88.2 Å². The van der Waals surface area contributed by atoms with E-state index in [1.807, 2.05) is 13.8 Å². The van der Waals surface area contributed by atoms with Crippen LogP contribution in [0.3, 0.4) is 0 Å². The van der Waals surface area contributed by atoms with Crippen molar-refractivity contribution in [2.75, 3.05) is 50.1 Å². The molecule has 0 aliphatic carbocycles. The number of nitriles is 1. The second-order valence-corrected chi connectivity index (χ2v) is 15.1. The SMILES string of the molecule is CCCN1CCN(C2CCN(C(=O)NC3(c4ccccc4OC(C)C)C(=O)N(S(=O)(=O)c4ccc(F)cc4)c4ccc(C#N)cc43)CC2)CC1. The molecule has 2 fully saturated rings. The van der Waals surface area contributed by atoms with Crippen LogP contribution < -0.4 is 14.4 Å². The molecule has 13 heteroatoms. The number of nitrogens with zero attached hydrogens (tertiary/aromatic N) is 5. The molecule has 0 radical (unpaired) electrons. The first-order valence-electron chi connectivity index (χ1n) is 17.2. The van der Waals surface area contributed by atoms with Crippen molar-refractivity contribution >= 4 is 27.6 Å². The summed E-state index contributed by atoms with van der Waals surface area (Å²) in [7, 11) is -4.62. The molecule has 2 saturated heterocycles. The molecular weight excluding hydrogens is 660 g/mol. The Balaban J connectivity index is 1.39. The number of piperazine rings is 1. The summed E-state index contributed by atoms with van der Waals surface area (Å²) in [6.07, 6.45) is 2.32. The largest absolute Gasteiger partial charge is 0.491 e. The van der Waals surface area contributed by atoms with E-state index in [2.05, 4.69) is 28.1 Å². The number of likely N-dealkylation sites (tertiary alicyclic amines) is 1. The molecule has 0 bridgehead atoms. The lowest BCUT2D eigenvalue weighted by atomic mass is 9.82. The quantitative estimate of drug-likeness (QED) is 0.341. The second-order valence-electron chi connectivity index (χ2n) is 13.3. The third-order valence-corrected chi connectivity index (χ3v) is 11.5. The molecule has 0 saturated carbocycles. The highest BCUT2D eigenvalue weighted by molar-refractivity contribution is 7.93.